The highest BCUT2D eigenvalue weighted by atomic mass is 35.5. The van der Waals surface area contributed by atoms with Crippen LogP contribution in [-0.4, -0.2) is 25.0 Å². The van der Waals surface area contributed by atoms with Crippen LogP contribution in [0.3, 0.4) is 0 Å². The van der Waals surface area contributed by atoms with Crippen LogP contribution in [-0.2, 0) is 11.2 Å². The van der Waals surface area contributed by atoms with Gasteiger partial charge in [0.1, 0.15) is 0 Å². The second-order valence-electron chi connectivity index (χ2n) is 5.15. The molecule has 0 radical (unpaired) electrons. The standard InChI is InChI=1S/C15H23ClN2O/c1-11(2)12(3)18-15(19)10-17-9-8-13-4-6-14(16)7-5-13/h4-7,11-12,17H,8-10H2,1-3H3,(H,18,19). The van der Waals surface area contributed by atoms with Gasteiger partial charge in [-0.05, 0) is 43.5 Å². The summed E-state index contributed by atoms with van der Waals surface area (Å²) in [7, 11) is 0. The monoisotopic (exact) mass is 282 g/mol. The summed E-state index contributed by atoms with van der Waals surface area (Å²) in [6.45, 7) is 7.36. The van der Waals surface area contributed by atoms with Crippen LogP contribution in [0.4, 0.5) is 0 Å². The third kappa shape index (κ3) is 6.60. The number of rotatable bonds is 7. The second kappa shape index (κ2) is 8.18. The van der Waals surface area contributed by atoms with Crippen LogP contribution in [0.15, 0.2) is 24.3 Å². The summed E-state index contributed by atoms with van der Waals surface area (Å²) < 4.78 is 0. The number of carbonyl (C=O) groups is 1. The molecule has 19 heavy (non-hydrogen) atoms. The van der Waals surface area contributed by atoms with Gasteiger partial charge in [-0.15, -0.1) is 0 Å². The zero-order valence-electron chi connectivity index (χ0n) is 11.9. The molecule has 0 aliphatic carbocycles. The highest BCUT2D eigenvalue weighted by molar-refractivity contribution is 6.30. The molecule has 0 bridgehead atoms. The Kier molecular flexibility index (Phi) is 6.89. The van der Waals surface area contributed by atoms with E-state index in [0.717, 1.165) is 18.0 Å². The first-order valence-corrected chi connectivity index (χ1v) is 7.11. The Morgan fingerprint density at radius 3 is 2.42 bits per heavy atom. The molecule has 0 spiro atoms. The molecule has 0 fully saturated rings. The number of amides is 1. The summed E-state index contributed by atoms with van der Waals surface area (Å²) >= 11 is 5.82. The minimum Gasteiger partial charge on any atom is -0.352 e. The molecule has 1 rings (SSSR count). The van der Waals surface area contributed by atoms with Crippen molar-refractivity contribution < 1.29 is 4.79 Å². The average molecular weight is 283 g/mol. The number of hydrogen-bond acceptors (Lipinski definition) is 2. The third-order valence-corrected chi connectivity index (χ3v) is 3.43. The van der Waals surface area contributed by atoms with Crippen LogP contribution in [0.25, 0.3) is 0 Å². The van der Waals surface area contributed by atoms with Gasteiger partial charge in [-0.1, -0.05) is 37.6 Å². The first-order chi connectivity index (χ1) is 8.99. The molecule has 0 saturated heterocycles. The van der Waals surface area contributed by atoms with E-state index in [9.17, 15) is 4.79 Å². The maximum absolute atomic E-state index is 11.6. The van der Waals surface area contributed by atoms with Crippen LogP contribution in [0.5, 0.6) is 0 Å². The van der Waals surface area contributed by atoms with E-state index in [2.05, 4.69) is 24.5 Å². The van der Waals surface area contributed by atoms with Gasteiger partial charge in [0, 0.05) is 11.1 Å². The number of benzene rings is 1. The van der Waals surface area contributed by atoms with E-state index in [1.54, 1.807) is 0 Å². The van der Waals surface area contributed by atoms with Gasteiger partial charge in [-0.3, -0.25) is 4.79 Å². The van der Waals surface area contributed by atoms with Crippen molar-refractivity contribution in [2.75, 3.05) is 13.1 Å². The molecule has 3 nitrogen and oxygen atoms in total. The maximum Gasteiger partial charge on any atom is 0.234 e. The van der Waals surface area contributed by atoms with Gasteiger partial charge < -0.3 is 10.6 Å². The molecule has 2 N–H and O–H groups in total. The number of halogens is 1. The van der Waals surface area contributed by atoms with Crippen LogP contribution < -0.4 is 10.6 Å². The van der Waals surface area contributed by atoms with E-state index in [-0.39, 0.29) is 11.9 Å². The van der Waals surface area contributed by atoms with Crippen molar-refractivity contribution in [2.24, 2.45) is 5.92 Å². The maximum atomic E-state index is 11.6. The van der Waals surface area contributed by atoms with Gasteiger partial charge in [-0.25, -0.2) is 0 Å². The van der Waals surface area contributed by atoms with Crippen molar-refractivity contribution in [3.05, 3.63) is 34.9 Å². The van der Waals surface area contributed by atoms with Crippen molar-refractivity contribution in [1.82, 2.24) is 10.6 Å². The van der Waals surface area contributed by atoms with E-state index < -0.39 is 0 Å². The molecule has 106 valence electrons. The first-order valence-electron chi connectivity index (χ1n) is 6.73. The number of carbonyl (C=O) groups excluding carboxylic acids is 1. The number of nitrogens with one attached hydrogen (secondary N) is 2. The summed E-state index contributed by atoms with van der Waals surface area (Å²) in [5.41, 5.74) is 1.22. The average Bonchev–Trinajstić information content (AvgIpc) is 2.36. The van der Waals surface area contributed by atoms with Gasteiger partial charge in [0.25, 0.3) is 0 Å². The van der Waals surface area contributed by atoms with Crippen molar-refractivity contribution in [1.29, 1.82) is 0 Å². The molecule has 0 heterocycles. The topological polar surface area (TPSA) is 41.1 Å². The lowest BCUT2D eigenvalue weighted by molar-refractivity contribution is -0.121. The highest BCUT2D eigenvalue weighted by Crippen LogP contribution is 2.09. The zero-order chi connectivity index (χ0) is 14.3. The van der Waals surface area contributed by atoms with Crippen LogP contribution in [0.1, 0.15) is 26.3 Å². The Hall–Kier alpha value is -1.06. The normalized spacial score (nSPS) is 12.5. The van der Waals surface area contributed by atoms with Crippen LogP contribution >= 0.6 is 11.6 Å². The molecule has 1 unspecified atom stereocenters. The van der Waals surface area contributed by atoms with Crippen molar-refractivity contribution in [3.63, 3.8) is 0 Å². The van der Waals surface area contributed by atoms with Crippen molar-refractivity contribution in [3.8, 4) is 0 Å². The smallest absolute Gasteiger partial charge is 0.234 e. The quantitative estimate of drug-likeness (QED) is 0.755. The lowest BCUT2D eigenvalue weighted by atomic mass is 10.1. The Labute approximate surface area is 120 Å². The fourth-order valence-electron chi connectivity index (χ4n) is 1.56. The van der Waals surface area contributed by atoms with E-state index in [1.165, 1.54) is 5.56 Å². The lowest BCUT2D eigenvalue weighted by Gasteiger charge is -2.17. The van der Waals surface area contributed by atoms with Gasteiger partial charge in [0.05, 0.1) is 6.54 Å². The molecule has 0 aliphatic heterocycles. The predicted molar refractivity (Wildman–Crippen MR) is 80.5 cm³/mol. The molecule has 0 saturated carbocycles. The Balaban J connectivity index is 2.17. The summed E-state index contributed by atoms with van der Waals surface area (Å²) in [4.78, 5) is 11.6. The molecular formula is C15H23ClN2O. The lowest BCUT2D eigenvalue weighted by Crippen LogP contribution is -2.41. The summed E-state index contributed by atoms with van der Waals surface area (Å²) in [5, 5.41) is 6.86. The van der Waals surface area contributed by atoms with E-state index in [0.29, 0.717) is 12.5 Å². The Morgan fingerprint density at radius 2 is 1.84 bits per heavy atom. The van der Waals surface area contributed by atoms with Crippen molar-refractivity contribution in [2.45, 2.75) is 33.2 Å². The molecule has 4 heteroatoms. The van der Waals surface area contributed by atoms with E-state index >= 15 is 0 Å². The van der Waals surface area contributed by atoms with Gasteiger partial charge in [-0.2, -0.15) is 0 Å². The van der Waals surface area contributed by atoms with E-state index in [1.807, 2.05) is 31.2 Å². The molecular weight excluding hydrogens is 260 g/mol. The number of hydrogen-bond donors (Lipinski definition) is 2. The molecule has 1 aromatic carbocycles. The minimum atomic E-state index is 0.0531. The fourth-order valence-corrected chi connectivity index (χ4v) is 1.68. The first kappa shape index (κ1) is 16.0. The van der Waals surface area contributed by atoms with Crippen LogP contribution in [0, 0.1) is 5.92 Å². The zero-order valence-corrected chi connectivity index (χ0v) is 12.6. The largest absolute Gasteiger partial charge is 0.352 e. The Morgan fingerprint density at radius 1 is 1.21 bits per heavy atom. The van der Waals surface area contributed by atoms with Gasteiger partial charge >= 0.3 is 0 Å². The van der Waals surface area contributed by atoms with Crippen LogP contribution in [0.2, 0.25) is 5.02 Å². The van der Waals surface area contributed by atoms with Gasteiger partial charge in [0.15, 0.2) is 0 Å². The Bertz CT molecular complexity index is 390. The molecule has 1 atom stereocenters. The molecule has 1 aromatic rings. The molecule has 0 aromatic heterocycles. The van der Waals surface area contributed by atoms with Gasteiger partial charge in [0.2, 0.25) is 5.91 Å². The molecule has 1 amide bonds. The SMILES string of the molecule is CC(C)C(C)NC(=O)CNCCc1ccc(Cl)cc1. The minimum absolute atomic E-state index is 0.0531. The third-order valence-electron chi connectivity index (χ3n) is 3.18. The fraction of sp³-hybridized carbons (Fsp3) is 0.533. The van der Waals surface area contributed by atoms with Crippen molar-refractivity contribution >= 4 is 17.5 Å². The van der Waals surface area contributed by atoms with E-state index in [4.69, 9.17) is 11.6 Å². The molecule has 0 aliphatic rings. The predicted octanol–water partition coefficient (Wildman–Crippen LogP) is 2.63. The second-order valence-corrected chi connectivity index (χ2v) is 5.59. The summed E-state index contributed by atoms with van der Waals surface area (Å²) in [6, 6.07) is 7.99. The summed E-state index contributed by atoms with van der Waals surface area (Å²) in [6.07, 6.45) is 0.893. The summed E-state index contributed by atoms with van der Waals surface area (Å²) in [5.74, 6) is 0.510. The highest BCUT2D eigenvalue weighted by Gasteiger charge is 2.09.